The number of aromatic nitrogens is 2. The molecule has 2 aliphatic carbocycles. The summed E-state index contributed by atoms with van der Waals surface area (Å²) in [7, 11) is 0. The van der Waals surface area contributed by atoms with Gasteiger partial charge in [0.05, 0.1) is 16.8 Å². The molecule has 12 rings (SSSR count). The highest BCUT2D eigenvalue weighted by Gasteiger charge is 2.50. The summed E-state index contributed by atoms with van der Waals surface area (Å²) in [5.74, 6) is 0.723. The van der Waals surface area contributed by atoms with Gasteiger partial charge in [-0.25, -0.2) is 9.97 Å². The molecule has 1 spiro atoms. The molecule has 0 saturated carbocycles. The van der Waals surface area contributed by atoms with Crippen LogP contribution in [-0.4, -0.2) is 9.97 Å². The third kappa shape index (κ3) is 5.01. The predicted molar refractivity (Wildman–Crippen MR) is 243 cm³/mol. The topological polar surface area (TPSA) is 25.8 Å². The van der Waals surface area contributed by atoms with Gasteiger partial charge < -0.3 is 0 Å². The molecule has 8 aromatic carbocycles. The first-order valence-corrected chi connectivity index (χ1v) is 21.2. The molecule has 1 aromatic heterocycles. The lowest BCUT2D eigenvalue weighted by Crippen LogP contribution is -2.31. The molecule has 0 unspecified atom stereocenters. The van der Waals surface area contributed by atoms with Crippen LogP contribution in [0.2, 0.25) is 0 Å². The second-order valence-corrected chi connectivity index (χ2v) is 17.6. The Morgan fingerprint density at radius 2 is 0.847 bits per heavy atom. The molecular formula is C56H38N2S. The van der Waals surface area contributed by atoms with Gasteiger partial charge >= 0.3 is 0 Å². The molecule has 1 aliphatic heterocycles. The fourth-order valence-corrected chi connectivity index (χ4v) is 11.4. The molecule has 3 heteroatoms. The van der Waals surface area contributed by atoms with Gasteiger partial charge in [0, 0.05) is 31.9 Å². The van der Waals surface area contributed by atoms with Gasteiger partial charge in [-0.3, -0.25) is 0 Å². The highest BCUT2D eigenvalue weighted by molar-refractivity contribution is 7.99. The van der Waals surface area contributed by atoms with Crippen molar-refractivity contribution in [1.82, 2.24) is 9.97 Å². The summed E-state index contributed by atoms with van der Waals surface area (Å²) < 4.78 is 0. The van der Waals surface area contributed by atoms with Crippen LogP contribution in [0.5, 0.6) is 0 Å². The van der Waals surface area contributed by atoms with Crippen LogP contribution in [-0.2, 0) is 10.8 Å². The van der Waals surface area contributed by atoms with Crippen molar-refractivity contribution < 1.29 is 0 Å². The van der Waals surface area contributed by atoms with E-state index in [1.54, 1.807) is 0 Å². The Morgan fingerprint density at radius 3 is 1.56 bits per heavy atom. The average molecular weight is 771 g/mol. The summed E-state index contributed by atoms with van der Waals surface area (Å²) in [6.45, 7) is 4.66. The number of hydrogen-bond acceptors (Lipinski definition) is 3. The van der Waals surface area contributed by atoms with Crippen molar-refractivity contribution >= 4 is 11.8 Å². The minimum atomic E-state index is -0.369. The zero-order valence-electron chi connectivity index (χ0n) is 32.8. The Balaban J connectivity index is 0.947. The summed E-state index contributed by atoms with van der Waals surface area (Å²) in [6, 6.07) is 71.1. The lowest BCUT2D eigenvalue weighted by molar-refractivity contribution is 0.660. The smallest absolute Gasteiger partial charge is 0.160 e. The van der Waals surface area contributed by atoms with Crippen LogP contribution in [0, 0.1) is 0 Å². The van der Waals surface area contributed by atoms with Gasteiger partial charge in [0.2, 0.25) is 0 Å². The zero-order valence-corrected chi connectivity index (χ0v) is 33.6. The second kappa shape index (κ2) is 12.8. The number of fused-ring (bicyclic) bond motifs is 12. The molecule has 0 N–H and O–H groups in total. The van der Waals surface area contributed by atoms with E-state index in [1.165, 1.54) is 76.6 Å². The van der Waals surface area contributed by atoms with E-state index in [2.05, 4.69) is 202 Å². The Labute approximate surface area is 349 Å². The molecule has 0 amide bonds. The largest absolute Gasteiger partial charge is 0.228 e. The number of hydrogen-bond donors (Lipinski definition) is 0. The maximum absolute atomic E-state index is 5.19. The number of benzene rings is 8. The van der Waals surface area contributed by atoms with Gasteiger partial charge in [-0.2, -0.15) is 0 Å². The van der Waals surface area contributed by atoms with Gasteiger partial charge in [0.15, 0.2) is 5.82 Å². The van der Waals surface area contributed by atoms with Crippen molar-refractivity contribution in [1.29, 1.82) is 0 Å². The maximum atomic E-state index is 5.19. The second-order valence-electron chi connectivity index (χ2n) is 16.5. The highest BCUT2D eigenvalue weighted by Crippen LogP contribution is 2.62. The lowest BCUT2D eigenvalue weighted by atomic mass is 9.67. The van der Waals surface area contributed by atoms with Gasteiger partial charge in [-0.15, -0.1) is 0 Å². The Kier molecular flexibility index (Phi) is 7.46. The highest BCUT2D eigenvalue weighted by atomic mass is 32.2. The normalized spacial score (nSPS) is 14.5. The molecule has 0 bridgehead atoms. The molecular weight excluding hydrogens is 733 g/mol. The Bertz CT molecular complexity index is 3120. The van der Waals surface area contributed by atoms with Crippen LogP contribution in [0.4, 0.5) is 0 Å². The molecule has 2 nitrogen and oxygen atoms in total. The molecule has 0 fully saturated rings. The van der Waals surface area contributed by atoms with E-state index in [9.17, 15) is 0 Å². The van der Waals surface area contributed by atoms with E-state index in [4.69, 9.17) is 9.97 Å². The van der Waals surface area contributed by atoms with E-state index < -0.39 is 0 Å². The number of nitrogens with zero attached hydrogens (tertiary/aromatic N) is 2. The van der Waals surface area contributed by atoms with Crippen molar-refractivity contribution in [2.24, 2.45) is 0 Å². The predicted octanol–water partition coefficient (Wildman–Crippen LogP) is 14.3. The maximum Gasteiger partial charge on any atom is 0.160 e. The molecule has 3 aliphatic rings. The lowest BCUT2D eigenvalue weighted by Gasteiger charge is -2.39. The van der Waals surface area contributed by atoms with E-state index in [1.807, 2.05) is 17.8 Å². The molecule has 0 radical (unpaired) electrons. The third-order valence-electron chi connectivity index (χ3n) is 13.0. The Morgan fingerprint density at radius 1 is 0.339 bits per heavy atom. The molecule has 0 atom stereocenters. The minimum absolute atomic E-state index is 0.0961. The van der Waals surface area contributed by atoms with Crippen LogP contribution >= 0.6 is 11.8 Å². The quantitative estimate of drug-likeness (QED) is 0.178. The zero-order chi connectivity index (χ0) is 39.3. The van der Waals surface area contributed by atoms with Gasteiger partial charge in [0.1, 0.15) is 0 Å². The number of rotatable bonds is 4. The van der Waals surface area contributed by atoms with Crippen molar-refractivity contribution in [3.63, 3.8) is 0 Å². The monoisotopic (exact) mass is 770 g/mol. The molecule has 9 aromatic rings. The third-order valence-corrected chi connectivity index (χ3v) is 14.1. The fraction of sp³-hybridized carbons (Fsp3) is 0.0714. The van der Waals surface area contributed by atoms with Crippen molar-refractivity contribution in [3.8, 4) is 67.3 Å². The first-order valence-electron chi connectivity index (χ1n) is 20.4. The molecule has 59 heavy (non-hydrogen) atoms. The van der Waals surface area contributed by atoms with Gasteiger partial charge in [-0.1, -0.05) is 195 Å². The molecule has 2 heterocycles. The summed E-state index contributed by atoms with van der Waals surface area (Å²) in [6.07, 6.45) is 0. The molecule has 0 saturated heterocycles. The van der Waals surface area contributed by atoms with E-state index in [0.717, 1.165) is 33.9 Å². The van der Waals surface area contributed by atoms with Crippen LogP contribution in [0.25, 0.3) is 67.3 Å². The summed E-state index contributed by atoms with van der Waals surface area (Å²) in [5.41, 5.74) is 20.3. The van der Waals surface area contributed by atoms with Crippen LogP contribution in [0.1, 0.15) is 47.2 Å². The van der Waals surface area contributed by atoms with Crippen molar-refractivity contribution in [3.05, 3.63) is 228 Å². The average Bonchev–Trinajstić information content (AvgIpc) is 3.72. The van der Waals surface area contributed by atoms with Crippen LogP contribution in [0.3, 0.4) is 0 Å². The summed E-state index contributed by atoms with van der Waals surface area (Å²) >= 11 is 1.89. The summed E-state index contributed by atoms with van der Waals surface area (Å²) in [5, 5.41) is 0. The van der Waals surface area contributed by atoms with Crippen molar-refractivity contribution in [2.45, 2.75) is 34.5 Å². The fourth-order valence-electron chi connectivity index (χ4n) is 10.2. The standard InChI is InChI=1S/C56H38N2S/c1-55(2)44-19-9-6-16-40(44)43-30-28-39(32-49(43)55)51-34-50(57-54(58-51)37-14-4-3-5-15-37)36-26-24-35(25-27-36)38-29-31-48-53(33-38)59-52-23-13-12-22-47(52)56(48)45-20-10-7-17-41(45)42-18-8-11-21-46(42)56/h3-34H,1-2H3. The van der Waals surface area contributed by atoms with Crippen LogP contribution < -0.4 is 0 Å². The van der Waals surface area contributed by atoms with Crippen LogP contribution in [0.15, 0.2) is 204 Å². The first-order chi connectivity index (χ1) is 29.0. The Hall–Kier alpha value is -6.81. The van der Waals surface area contributed by atoms with E-state index >= 15 is 0 Å². The van der Waals surface area contributed by atoms with Crippen molar-refractivity contribution in [2.75, 3.05) is 0 Å². The van der Waals surface area contributed by atoms with Gasteiger partial charge in [0.25, 0.3) is 0 Å². The SMILES string of the molecule is CC1(C)c2ccccc2-c2ccc(-c3cc(-c4ccc(-c5ccc6c(c5)Sc5ccccc5C65c6ccccc6-c6ccccc65)cc4)nc(-c4ccccc4)n3)cc21. The van der Waals surface area contributed by atoms with Gasteiger partial charge in [-0.05, 0) is 91.0 Å². The van der Waals surface area contributed by atoms with E-state index in [0.29, 0.717) is 0 Å². The van der Waals surface area contributed by atoms with E-state index in [-0.39, 0.29) is 10.8 Å². The first kappa shape index (κ1) is 34.3. The molecule has 278 valence electrons. The summed E-state index contributed by atoms with van der Waals surface area (Å²) in [4.78, 5) is 13.0. The minimum Gasteiger partial charge on any atom is -0.228 e.